The molecule has 0 aromatic carbocycles. The Morgan fingerprint density at radius 3 is 3.12 bits per heavy atom. The number of rotatable bonds is 5. The van der Waals surface area contributed by atoms with Crippen molar-refractivity contribution in [3.63, 3.8) is 0 Å². The van der Waals surface area contributed by atoms with Crippen LogP contribution in [0.25, 0.3) is 0 Å². The summed E-state index contributed by atoms with van der Waals surface area (Å²) in [6.45, 7) is 7.85. The van der Waals surface area contributed by atoms with Gasteiger partial charge in [-0.25, -0.2) is 0 Å². The van der Waals surface area contributed by atoms with E-state index in [-0.39, 0.29) is 5.78 Å². The largest absolute Gasteiger partial charge is 0.375 e. The molecule has 1 aromatic rings. The Labute approximate surface area is 102 Å². The lowest BCUT2D eigenvalue weighted by Crippen LogP contribution is -2.15. The van der Waals surface area contributed by atoms with E-state index >= 15 is 0 Å². The van der Waals surface area contributed by atoms with E-state index in [1.54, 1.807) is 0 Å². The molecule has 0 amide bonds. The highest BCUT2D eigenvalue weighted by Crippen LogP contribution is 2.22. The van der Waals surface area contributed by atoms with Gasteiger partial charge in [0, 0.05) is 30.4 Å². The van der Waals surface area contributed by atoms with Gasteiger partial charge in [0.15, 0.2) is 5.78 Å². The lowest BCUT2D eigenvalue weighted by atomic mass is 9.97. The zero-order valence-corrected chi connectivity index (χ0v) is 10.4. The van der Waals surface area contributed by atoms with Crippen LogP contribution in [0.15, 0.2) is 24.4 Å². The summed E-state index contributed by atoms with van der Waals surface area (Å²) in [4.78, 5) is 11.7. The van der Waals surface area contributed by atoms with Crippen LogP contribution in [0.1, 0.15) is 35.8 Å². The number of fused-ring (bicyclic) bond motifs is 1. The van der Waals surface area contributed by atoms with Gasteiger partial charge in [0.25, 0.3) is 0 Å². The zero-order valence-electron chi connectivity index (χ0n) is 10.4. The maximum Gasteiger partial charge on any atom is 0.164 e. The van der Waals surface area contributed by atoms with Crippen LogP contribution in [0.5, 0.6) is 0 Å². The summed E-state index contributed by atoms with van der Waals surface area (Å²) in [6, 6.07) is 1.94. The van der Waals surface area contributed by atoms with Gasteiger partial charge in [-0.2, -0.15) is 0 Å². The minimum Gasteiger partial charge on any atom is -0.375 e. The van der Waals surface area contributed by atoms with Crippen LogP contribution in [0.4, 0.5) is 0 Å². The highest BCUT2D eigenvalue weighted by Gasteiger charge is 2.19. The maximum absolute atomic E-state index is 11.7. The molecule has 0 saturated heterocycles. The molecule has 3 heteroatoms. The predicted molar refractivity (Wildman–Crippen MR) is 67.3 cm³/mol. The van der Waals surface area contributed by atoms with Gasteiger partial charge in [-0.1, -0.05) is 12.2 Å². The lowest BCUT2D eigenvalue weighted by molar-refractivity contribution is 0.0971. The molecule has 0 unspecified atom stereocenters. The number of hydrogen-bond acceptors (Lipinski definition) is 2. The molecule has 3 nitrogen and oxygen atoms in total. The van der Waals surface area contributed by atoms with E-state index in [2.05, 4.69) is 11.1 Å². The van der Waals surface area contributed by atoms with Crippen LogP contribution in [0.3, 0.4) is 0 Å². The molecule has 1 aliphatic carbocycles. The summed E-state index contributed by atoms with van der Waals surface area (Å²) in [5, 5.41) is 0. The number of carbonyl (C=O) groups is 1. The Morgan fingerprint density at radius 1 is 1.53 bits per heavy atom. The number of hydrogen-bond donors (Lipinski definition) is 0. The Balaban J connectivity index is 1.93. The molecular weight excluding hydrogens is 214 g/mol. The van der Waals surface area contributed by atoms with E-state index < -0.39 is 0 Å². The van der Waals surface area contributed by atoms with E-state index in [1.165, 1.54) is 5.69 Å². The fourth-order valence-electron chi connectivity index (χ4n) is 2.21. The third-order valence-corrected chi connectivity index (χ3v) is 3.02. The van der Waals surface area contributed by atoms with Crippen molar-refractivity contribution in [2.45, 2.75) is 32.7 Å². The van der Waals surface area contributed by atoms with Gasteiger partial charge >= 0.3 is 0 Å². The minimum absolute atomic E-state index is 0.285. The Kier molecular flexibility index (Phi) is 3.79. The van der Waals surface area contributed by atoms with E-state index in [1.807, 2.05) is 19.2 Å². The number of ketones is 1. The number of nitrogens with zero attached hydrogens (tertiary/aromatic N) is 1. The molecule has 0 saturated carbocycles. The molecule has 1 aromatic heterocycles. The molecule has 0 bridgehead atoms. The number of carbonyl (C=O) groups excluding carboxylic acids is 1. The molecule has 0 radical (unpaired) electrons. The smallest absolute Gasteiger partial charge is 0.164 e. The van der Waals surface area contributed by atoms with Gasteiger partial charge in [0.2, 0.25) is 0 Å². The first-order valence-corrected chi connectivity index (χ1v) is 6.12. The van der Waals surface area contributed by atoms with Gasteiger partial charge in [-0.05, 0) is 25.8 Å². The molecule has 17 heavy (non-hydrogen) atoms. The topological polar surface area (TPSA) is 31.2 Å². The molecule has 0 spiro atoms. The Morgan fingerprint density at radius 2 is 2.35 bits per heavy atom. The van der Waals surface area contributed by atoms with Crippen LogP contribution in [0, 0.1) is 0 Å². The predicted octanol–water partition coefficient (Wildman–Crippen LogP) is 2.60. The molecule has 1 heterocycles. The average Bonchev–Trinajstić information content (AvgIpc) is 2.69. The third-order valence-electron chi connectivity index (χ3n) is 3.02. The van der Waals surface area contributed by atoms with E-state index in [9.17, 15) is 4.79 Å². The number of aromatic nitrogens is 1. The summed E-state index contributed by atoms with van der Waals surface area (Å²) in [7, 11) is 0. The van der Waals surface area contributed by atoms with Crippen molar-refractivity contribution in [3.05, 3.63) is 35.7 Å². The highest BCUT2D eigenvalue weighted by atomic mass is 16.5. The summed E-state index contributed by atoms with van der Waals surface area (Å²) in [6.07, 6.45) is 4.68. The number of ether oxygens (including phenoxy) is 1. The Bertz CT molecular complexity index is 431. The Hall–Kier alpha value is -1.35. The zero-order chi connectivity index (χ0) is 12.3. The highest BCUT2D eigenvalue weighted by molar-refractivity contribution is 5.98. The fourth-order valence-corrected chi connectivity index (χ4v) is 2.21. The normalized spacial score (nSPS) is 14.8. The van der Waals surface area contributed by atoms with E-state index in [0.717, 1.165) is 30.5 Å². The molecule has 0 N–H and O–H groups in total. The minimum atomic E-state index is 0.285. The second-order valence-electron chi connectivity index (χ2n) is 4.66. The van der Waals surface area contributed by atoms with Crippen LogP contribution in [-0.2, 0) is 17.7 Å². The van der Waals surface area contributed by atoms with Gasteiger partial charge < -0.3 is 9.30 Å². The van der Waals surface area contributed by atoms with Crippen molar-refractivity contribution in [2.75, 3.05) is 13.2 Å². The average molecular weight is 233 g/mol. The van der Waals surface area contributed by atoms with Gasteiger partial charge in [-0.3, -0.25) is 4.79 Å². The molecule has 0 fully saturated rings. The lowest BCUT2D eigenvalue weighted by Gasteiger charge is -2.15. The van der Waals surface area contributed by atoms with Crippen molar-refractivity contribution >= 4 is 5.78 Å². The van der Waals surface area contributed by atoms with Gasteiger partial charge in [0.05, 0.1) is 13.2 Å². The van der Waals surface area contributed by atoms with Crippen molar-refractivity contribution in [1.82, 2.24) is 4.57 Å². The van der Waals surface area contributed by atoms with Crippen LogP contribution >= 0.6 is 0 Å². The standard InChI is InChI=1S/C14H19NO2/c1-11(2)10-17-9-8-15-7-6-12-13(15)4-3-5-14(12)16/h6-7H,1,3-5,8-10H2,2H3. The van der Waals surface area contributed by atoms with Crippen LogP contribution in [0.2, 0.25) is 0 Å². The molecule has 0 aliphatic heterocycles. The summed E-state index contributed by atoms with van der Waals surface area (Å²) >= 11 is 0. The molecule has 1 aliphatic rings. The second-order valence-corrected chi connectivity index (χ2v) is 4.66. The first-order chi connectivity index (χ1) is 8.18. The van der Waals surface area contributed by atoms with Gasteiger partial charge in [-0.15, -0.1) is 0 Å². The summed E-state index contributed by atoms with van der Waals surface area (Å²) in [5.74, 6) is 0.285. The van der Waals surface area contributed by atoms with Crippen molar-refractivity contribution in [2.24, 2.45) is 0 Å². The first kappa shape index (κ1) is 12.1. The quantitative estimate of drug-likeness (QED) is 0.578. The second kappa shape index (κ2) is 5.32. The SMILES string of the molecule is C=C(C)COCCn1ccc2c1CCCC2=O. The summed E-state index contributed by atoms with van der Waals surface area (Å²) in [5.41, 5.74) is 3.13. The van der Waals surface area contributed by atoms with Crippen molar-refractivity contribution < 1.29 is 9.53 Å². The van der Waals surface area contributed by atoms with E-state index in [4.69, 9.17) is 4.74 Å². The number of Topliss-reactive ketones (excluding diaryl/α,β-unsaturated/α-hetero) is 1. The molecular formula is C14H19NO2. The molecule has 2 rings (SSSR count). The fraction of sp³-hybridized carbons (Fsp3) is 0.500. The summed E-state index contributed by atoms with van der Waals surface area (Å²) < 4.78 is 7.62. The third kappa shape index (κ3) is 2.86. The monoisotopic (exact) mass is 233 g/mol. The van der Waals surface area contributed by atoms with Crippen molar-refractivity contribution in [3.8, 4) is 0 Å². The molecule has 92 valence electrons. The molecule has 0 atom stereocenters. The maximum atomic E-state index is 11.7. The van der Waals surface area contributed by atoms with Gasteiger partial charge in [0.1, 0.15) is 0 Å². The first-order valence-electron chi connectivity index (χ1n) is 6.12. The van der Waals surface area contributed by atoms with Crippen LogP contribution < -0.4 is 0 Å². The van der Waals surface area contributed by atoms with E-state index in [0.29, 0.717) is 19.6 Å². The van der Waals surface area contributed by atoms with Crippen LogP contribution in [-0.4, -0.2) is 23.6 Å². The van der Waals surface area contributed by atoms with Crippen molar-refractivity contribution in [1.29, 1.82) is 0 Å².